The lowest BCUT2D eigenvalue weighted by Gasteiger charge is -2.19. The first kappa shape index (κ1) is 9.98. The van der Waals surface area contributed by atoms with Crippen LogP contribution in [0.1, 0.15) is 20.8 Å². The molecule has 0 aliphatic carbocycles. The molecule has 1 atom stereocenters. The topological polar surface area (TPSA) is 67.4 Å². The molecule has 5 heteroatoms. The van der Waals surface area contributed by atoms with Crippen LogP contribution in [-0.2, 0) is 14.4 Å². The van der Waals surface area contributed by atoms with Gasteiger partial charge in [0.05, 0.1) is 0 Å². The summed E-state index contributed by atoms with van der Waals surface area (Å²) in [7, 11) is 0. The van der Waals surface area contributed by atoms with Gasteiger partial charge in [0.2, 0.25) is 5.91 Å². The predicted molar refractivity (Wildman–Crippen MR) is 45.5 cm³/mol. The van der Waals surface area contributed by atoms with Crippen molar-refractivity contribution in [2.45, 2.75) is 26.8 Å². The molecule has 1 aliphatic heterocycles. The van der Waals surface area contributed by atoms with Crippen molar-refractivity contribution in [1.29, 1.82) is 0 Å². The lowest BCUT2D eigenvalue weighted by atomic mass is 9.95. The van der Waals surface area contributed by atoms with Gasteiger partial charge in [0.1, 0.15) is 12.6 Å². The Morgan fingerprint density at radius 2 is 2.23 bits per heavy atom. The van der Waals surface area contributed by atoms with Crippen LogP contribution in [-0.4, -0.2) is 24.5 Å². The molecule has 0 aromatic carbocycles. The van der Waals surface area contributed by atoms with Crippen molar-refractivity contribution >= 4 is 11.8 Å². The molecule has 0 aromatic rings. The molecule has 2 N–H and O–H groups in total. The summed E-state index contributed by atoms with van der Waals surface area (Å²) in [5.74, 6) is -0.448. The summed E-state index contributed by atoms with van der Waals surface area (Å²) in [4.78, 5) is 27.1. The second kappa shape index (κ2) is 3.33. The maximum Gasteiger partial charge on any atom is 0.268 e. The van der Waals surface area contributed by atoms with Gasteiger partial charge in [-0.05, 0) is 0 Å². The zero-order chi connectivity index (χ0) is 10.1. The van der Waals surface area contributed by atoms with Crippen molar-refractivity contribution in [2.75, 3.05) is 6.61 Å². The van der Waals surface area contributed by atoms with Gasteiger partial charge < -0.3 is 5.32 Å². The van der Waals surface area contributed by atoms with Crippen molar-refractivity contribution < 1.29 is 14.4 Å². The first-order valence-electron chi connectivity index (χ1n) is 4.14. The van der Waals surface area contributed by atoms with Gasteiger partial charge in [-0.2, -0.15) is 0 Å². The van der Waals surface area contributed by atoms with Crippen LogP contribution < -0.4 is 10.8 Å². The smallest absolute Gasteiger partial charge is 0.268 e. The van der Waals surface area contributed by atoms with Gasteiger partial charge in [-0.15, -0.1) is 0 Å². The van der Waals surface area contributed by atoms with Crippen LogP contribution in [0.25, 0.3) is 0 Å². The van der Waals surface area contributed by atoms with E-state index in [0.29, 0.717) is 0 Å². The lowest BCUT2D eigenvalue weighted by Crippen LogP contribution is -2.46. The summed E-state index contributed by atoms with van der Waals surface area (Å²) < 4.78 is 0. The Kier molecular flexibility index (Phi) is 2.56. The van der Waals surface area contributed by atoms with Crippen LogP contribution in [0.5, 0.6) is 0 Å². The minimum atomic E-state index is -0.549. The zero-order valence-electron chi connectivity index (χ0n) is 8.01. The Morgan fingerprint density at radius 1 is 1.62 bits per heavy atom. The normalized spacial score (nSPS) is 22.7. The number of carbonyl (C=O) groups is 2. The van der Waals surface area contributed by atoms with Crippen LogP contribution in [0.15, 0.2) is 0 Å². The zero-order valence-corrected chi connectivity index (χ0v) is 8.01. The fraction of sp³-hybridized carbons (Fsp3) is 0.750. The third-order valence-electron chi connectivity index (χ3n) is 1.73. The molecule has 0 aromatic heterocycles. The maximum absolute atomic E-state index is 11.4. The van der Waals surface area contributed by atoms with Gasteiger partial charge >= 0.3 is 0 Å². The van der Waals surface area contributed by atoms with Gasteiger partial charge in [0.15, 0.2) is 0 Å². The lowest BCUT2D eigenvalue weighted by molar-refractivity contribution is -0.132. The van der Waals surface area contributed by atoms with E-state index < -0.39 is 11.5 Å². The molecule has 1 rings (SSSR count). The fourth-order valence-corrected chi connectivity index (χ4v) is 0.825. The van der Waals surface area contributed by atoms with E-state index in [0.717, 1.165) is 0 Å². The summed E-state index contributed by atoms with van der Waals surface area (Å²) in [6.45, 7) is 5.56. The molecule has 0 spiro atoms. The highest BCUT2D eigenvalue weighted by Crippen LogP contribution is 2.13. The van der Waals surface area contributed by atoms with E-state index in [1.165, 1.54) is 0 Å². The number of carbonyl (C=O) groups excluding carboxylic acids is 2. The van der Waals surface area contributed by atoms with E-state index in [1.807, 2.05) is 0 Å². The predicted octanol–water partition coefficient (Wildman–Crippen LogP) is -0.421. The quantitative estimate of drug-likeness (QED) is 0.584. The molecule has 0 radical (unpaired) electrons. The van der Waals surface area contributed by atoms with Crippen LogP contribution in [0, 0.1) is 5.41 Å². The summed E-state index contributed by atoms with van der Waals surface area (Å²) in [6, 6.07) is -0.549. The molecule has 1 fully saturated rings. The average molecular weight is 186 g/mol. The number of hydrogen-bond acceptors (Lipinski definition) is 3. The second-order valence-corrected chi connectivity index (χ2v) is 4.05. The third kappa shape index (κ3) is 2.42. The van der Waals surface area contributed by atoms with Gasteiger partial charge in [0.25, 0.3) is 5.91 Å². The Morgan fingerprint density at radius 3 is 2.62 bits per heavy atom. The van der Waals surface area contributed by atoms with Crippen molar-refractivity contribution in [3.63, 3.8) is 0 Å². The Hall–Kier alpha value is -1.10. The second-order valence-electron chi connectivity index (χ2n) is 4.05. The van der Waals surface area contributed by atoms with Crippen molar-refractivity contribution in [1.82, 2.24) is 10.8 Å². The van der Waals surface area contributed by atoms with Crippen molar-refractivity contribution in [3.8, 4) is 0 Å². The number of hydroxylamine groups is 1. The first-order valence-corrected chi connectivity index (χ1v) is 4.14. The molecule has 0 saturated carbocycles. The summed E-state index contributed by atoms with van der Waals surface area (Å²) >= 11 is 0. The fourth-order valence-electron chi connectivity index (χ4n) is 0.825. The minimum absolute atomic E-state index is 0.154. The molecule has 0 bridgehead atoms. The van der Waals surface area contributed by atoms with Crippen LogP contribution >= 0.6 is 0 Å². The molecule has 13 heavy (non-hydrogen) atoms. The Balaban J connectivity index is 2.49. The van der Waals surface area contributed by atoms with E-state index >= 15 is 0 Å². The molecular formula is C8H14N2O3. The van der Waals surface area contributed by atoms with Crippen molar-refractivity contribution in [3.05, 3.63) is 0 Å². The largest absolute Gasteiger partial charge is 0.342 e. The minimum Gasteiger partial charge on any atom is -0.342 e. The molecule has 5 nitrogen and oxygen atoms in total. The van der Waals surface area contributed by atoms with Gasteiger partial charge in [-0.25, -0.2) is 5.48 Å². The molecule has 1 aliphatic rings. The number of rotatable bonds is 1. The monoisotopic (exact) mass is 186 g/mol. The van der Waals surface area contributed by atoms with Gasteiger partial charge in [-0.3, -0.25) is 14.4 Å². The summed E-state index contributed by atoms with van der Waals surface area (Å²) in [5, 5.41) is 2.59. The van der Waals surface area contributed by atoms with E-state index in [-0.39, 0.29) is 18.4 Å². The molecule has 1 saturated heterocycles. The SMILES string of the molecule is CC(C)(C)C(=O)N[C@@H]1CONC1=O. The van der Waals surface area contributed by atoms with E-state index in [2.05, 4.69) is 15.6 Å². The van der Waals surface area contributed by atoms with Crippen LogP contribution in [0.3, 0.4) is 0 Å². The van der Waals surface area contributed by atoms with E-state index in [1.54, 1.807) is 20.8 Å². The molecule has 1 heterocycles. The van der Waals surface area contributed by atoms with Crippen LogP contribution in [0.4, 0.5) is 0 Å². The van der Waals surface area contributed by atoms with Gasteiger partial charge in [0, 0.05) is 5.41 Å². The van der Waals surface area contributed by atoms with Crippen LogP contribution in [0.2, 0.25) is 0 Å². The van der Waals surface area contributed by atoms with E-state index in [9.17, 15) is 9.59 Å². The Labute approximate surface area is 76.8 Å². The molecular weight excluding hydrogens is 172 g/mol. The van der Waals surface area contributed by atoms with Gasteiger partial charge in [-0.1, -0.05) is 20.8 Å². The third-order valence-corrected chi connectivity index (χ3v) is 1.73. The first-order chi connectivity index (χ1) is 5.91. The molecule has 74 valence electrons. The average Bonchev–Trinajstić information content (AvgIpc) is 2.34. The molecule has 2 amide bonds. The molecule has 0 unspecified atom stereocenters. The highest BCUT2D eigenvalue weighted by atomic mass is 16.7. The summed E-state index contributed by atoms with van der Waals surface area (Å²) in [5.41, 5.74) is 1.69. The Bertz CT molecular complexity index is 232. The number of hydrogen-bond donors (Lipinski definition) is 2. The highest BCUT2D eigenvalue weighted by molar-refractivity contribution is 5.89. The maximum atomic E-state index is 11.4. The number of amides is 2. The highest BCUT2D eigenvalue weighted by Gasteiger charge is 2.31. The van der Waals surface area contributed by atoms with E-state index in [4.69, 9.17) is 0 Å². The van der Waals surface area contributed by atoms with Crippen molar-refractivity contribution in [2.24, 2.45) is 5.41 Å². The standard InChI is InChI=1S/C8H14N2O3/c1-8(2,3)7(12)9-5-4-13-10-6(5)11/h5H,4H2,1-3H3,(H,9,12)(H,10,11)/t5-/m1/s1. The summed E-state index contributed by atoms with van der Waals surface area (Å²) in [6.07, 6.45) is 0. The number of nitrogens with one attached hydrogen (secondary N) is 2.